The van der Waals surface area contributed by atoms with E-state index in [2.05, 4.69) is 18.2 Å². The Balaban J connectivity index is 2.37. The van der Waals surface area contributed by atoms with E-state index in [-0.39, 0.29) is 12.1 Å². The molecule has 70 valence electrons. The Labute approximate surface area is 78.7 Å². The minimum atomic E-state index is 0.0708. The third-order valence-corrected chi connectivity index (χ3v) is 2.51. The van der Waals surface area contributed by atoms with Gasteiger partial charge in [-0.15, -0.1) is 0 Å². The molecule has 0 radical (unpaired) electrons. The number of benzene rings is 1. The van der Waals surface area contributed by atoms with Crippen molar-refractivity contribution in [3.05, 3.63) is 35.4 Å². The fourth-order valence-corrected chi connectivity index (χ4v) is 1.86. The molecule has 1 aromatic carbocycles. The molecule has 2 nitrogen and oxygen atoms in total. The summed E-state index contributed by atoms with van der Waals surface area (Å²) < 4.78 is 5.64. The molecule has 0 bridgehead atoms. The van der Waals surface area contributed by atoms with Crippen molar-refractivity contribution in [2.45, 2.75) is 25.5 Å². The predicted octanol–water partition coefficient (Wildman–Crippen LogP) is 1.65. The standard InChI is InChI=1S/C11H15NO/c1-8(12)11-10-5-3-2-4-9(10)6-7-13-11/h2-5,8,11H,6-7,12H2,1H3/t8-,11?/m0/s1. The molecule has 1 aromatic rings. The zero-order valence-electron chi connectivity index (χ0n) is 7.86. The van der Waals surface area contributed by atoms with E-state index in [1.165, 1.54) is 11.1 Å². The first-order chi connectivity index (χ1) is 6.29. The summed E-state index contributed by atoms with van der Waals surface area (Å²) in [5.41, 5.74) is 8.51. The van der Waals surface area contributed by atoms with Gasteiger partial charge in [0.2, 0.25) is 0 Å². The number of rotatable bonds is 1. The highest BCUT2D eigenvalue weighted by Gasteiger charge is 2.22. The zero-order valence-corrected chi connectivity index (χ0v) is 7.86. The Kier molecular flexibility index (Phi) is 2.34. The van der Waals surface area contributed by atoms with Gasteiger partial charge in [0.05, 0.1) is 12.7 Å². The van der Waals surface area contributed by atoms with Gasteiger partial charge in [0.1, 0.15) is 0 Å². The van der Waals surface area contributed by atoms with Crippen LogP contribution in [0, 0.1) is 0 Å². The van der Waals surface area contributed by atoms with Gasteiger partial charge in [-0.05, 0) is 24.5 Å². The molecular weight excluding hydrogens is 162 g/mol. The fraction of sp³-hybridized carbons (Fsp3) is 0.455. The first kappa shape index (κ1) is 8.73. The van der Waals surface area contributed by atoms with E-state index in [0.717, 1.165) is 13.0 Å². The van der Waals surface area contributed by atoms with Crippen LogP contribution in [0.5, 0.6) is 0 Å². The smallest absolute Gasteiger partial charge is 0.0975 e. The number of ether oxygens (including phenoxy) is 1. The number of nitrogens with two attached hydrogens (primary N) is 1. The summed E-state index contributed by atoms with van der Waals surface area (Å²) in [6.45, 7) is 2.79. The maximum absolute atomic E-state index is 5.86. The van der Waals surface area contributed by atoms with Crippen LogP contribution in [-0.2, 0) is 11.2 Å². The van der Waals surface area contributed by atoms with Gasteiger partial charge in [0.15, 0.2) is 0 Å². The van der Waals surface area contributed by atoms with Crippen molar-refractivity contribution in [1.29, 1.82) is 0 Å². The highest BCUT2D eigenvalue weighted by atomic mass is 16.5. The van der Waals surface area contributed by atoms with E-state index in [1.807, 2.05) is 13.0 Å². The lowest BCUT2D eigenvalue weighted by Crippen LogP contribution is -2.31. The fourth-order valence-electron chi connectivity index (χ4n) is 1.86. The summed E-state index contributed by atoms with van der Waals surface area (Å²) >= 11 is 0. The lowest BCUT2D eigenvalue weighted by molar-refractivity contribution is 0.0285. The van der Waals surface area contributed by atoms with E-state index in [0.29, 0.717) is 0 Å². The maximum Gasteiger partial charge on any atom is 0.0975 e. The van der Waals surface area contributed by atoms with E-state index < -0.39 is 0 Å². The normalized spacial score (nSPS) is 23.7. The van der Waals surface area contributed by atoms with Crippen LogP contribution >= 0.6 is 0 Å². The van der Waals surface area contributed by atoms with Gasteiger partial charge in [-0.1, -0.05) is 24.3 Å². The second kappa shape index (κ2) is 3.48. The molecular formula is C11H15NO. The first-order valence-electron chi connectivity index (χ1n) is 4.74. The summed E-state index contributed by atoms with van der Waals surface area (Å²) in [7, 11) is 0. The van der Waals surface area contributed by atoms with Gasteiger partial charge in [-0.3, -0.25) is 0 Å². The minimum absolute atomic E-state index is 0.0708. The Morgan fingerprint density at radius 2 is 2.23 bits per heavy atom. The van der Waals surface area contributed by atoms with Crippen LogP contribution in [-0.4, -0.2) is 12.6 Å². The van der Waals surface area contributed by atoms with E-state index >= 15 is 0 Å². The average Bonchev–Trinajstić information content (AvgIpc) is 2.17. The van der Waals surface area contributed by atoms with Crippen molar-refractivity contribution in [1.82, 2.24) is 0 Å². The van der Waals surface area contributed by atoms with Gasteiger partial charge in [0, 0.05) is 6.04 Å². The topological polar surface area (TPSA) is 35.2 Å². The van der Waals surface area contributed by atoms with Crippen LogP contribution in [0.3, 0.4) is 0 Å². The van der Waals surface area contributed by atoms with Crippen molar-refractivity contribution < 1.29 is 4.74 Å². The van der Waals surface area contributed by atoms with Crippen LogP contribution in [0.1, 0.15) is 24.2 Å². The van der Waals surface area contributed by atoms with Crippen LogP contribution in [0.2, 0.25) is 0 Å². The molecule has 1 unspecified atom stereocenters. The molecule has 2 atom stereocenters. The van der Waals surface area contributed by atoms with Gasteiger partial charge >= 0.3 is 0 Å². The number of fused-ring (bicyclic) bond motifs is 1. The molecule has 13 heavy (non-hydrogen) atoms. The molecule has 2 N–H and O–H groups in total. The Morgan fingerprint density at radius 3 is 3.00 bits per heavy atom. The lowest BCUT2D eigenvalue weighted by Gasteiger charge is -2.28. The first-order valence-corrected chi connectivity index (χ1v) is 4.74. The Hall–Kier alpha value is -0.860. The van der Waals surface area contributed by atoms with Crippen LogP contribution in [0.25, 0.3) is 0 Å². The Morgan fingerprint density at radius 1 is 1.46 bits per heavy atom. The molecule has 0 saturated heterocycles. The monoisotopic (exact) mass is 177 g/mol. The van der Waals surface area contributed by atoms with E-state index in [1.54, 1.807) is 0 Å². The average molecular weight is 177 g/mol. The molecule has 0 aromatic heterocycles. The quantitative estimate of drug-likeness (QED) is 0.708. The maximum atomic E-state index is 5.86. The van der Waals surface area contributed by atoms with Crippen molar-refractivity contribution >= 4 is 0 Å². The summed E-state index contributed by atoms with van der Waals surface area (Å²) in [5, 5.41) is 0. The molecule has 0 amide bonds. The molecule has 0 aliphatic carbocycles. The predicted molar refractivity (Wildman–Crippen MR) is 52.5 cm³/mol. The van der Waals surface area contributed by atoms with Gasteiger partial charge < -0.3 is 10.5 Å². The molecule has 1 aliphatic heterocycles. The minimum Gasteiger partial charge on any atom is -0.372 e. The largest absolute Gasteiger partial charge is 0.372 e. The van der Waals surface area contributed by atoms with Crippen molar-refractivity contribution in [3.63, 3.8) is 0 Å². The molecule has 2 rings (SSSR count). The summed E-state index contributed by atoms with van der Waals surface area (Å²) in [6, 6.07) is 8.46. The second-order valence-electron chi connectivity index (χ2n) is 3.60. The van der Waals surface area contributed by atoms with Crippen molar-refractivity contribution in [2.24, 2.45) is 5.73 Å². The molecule has 0 saturated carbocycles. The molecule has 2 heteroatoms. The summed E-state index contributed by atoms with van der Waals surface area (Å²) in [5.74, 6) is 0. The number of hydrogen-bond donors (Lipinski definition) is 1. The summed E-state index contributed by atoms with van der Waals surface area (Å²) in [6.07, 6.45) is 1.10. The highest BCUT2D eigenvalue weighted by Crippen LogP contribution is 2.28. The third kappa shape index (κ3) is 1.60. The SMILES string of the molecule is C[C@H](N)C1OCCc2ccccc21. The molecule has 0 spiro atoms. The van der Waals surface area contributed by atoms with Crippen molar-refractivity contribution in [2.75, 3.05) is 6.61 Å². The van der Waals surface area contributed by atoms with Crippen LogP contribution < -0.4 is 5.73 Å². The van der Waals surface area contributed by atoms with Crippen LogP contribution in [0.15, 0.2) is 24.3 Å². The van der Waals surface area contributed by atoms with E-state index in [4.69, 9.17) is 10.5 Å². The van der Waals surface area contributed by atoms with Crippen molar-refractivity contribution in [3.8, 4) is 0 Å². The number of hydrogen-bond acceptors (Lipinski definition) is 2. The molecule has 1 aliphatic rings. The highest BCUT2D eigenvalue weighted by molar-refractivity contribution is 5.31. The van der Waals surface area contributed by atoms with Gasteiger partial charge in [0.25, 0.3) is 0 Å². The second-order valence-corrected chi connectivity index (χ2v) is 3.60. The van der Waals surface area contributed by atoms with Gasteiger partial charge in [-0.25, -0.2) is 0 Å². The lowest BCUT2D eigenvalue weighted by atomic mass is 9.94. The molecule has 1 heterocycles. The van der Waals surface area contributed by atoms with Crippen LogP contribution in [0.4, 0.5) is 0 Å². The van der Waals surface area contributed by atoms with Gasteiger partial charge in [-0.2, -0.15) is 0 Å². The molecule has 0 fully saturated rings. The Bertz CT molecular complexity index is 296. The third-order valence-electron chi connectivity index (χ3n) is 2.51. The zero-order chi connectivity index (χ0) is 9.26. The summed E-state index contributed by atoms with van der Waals surface area (Å²) in [4.78, 5) is 0. The van der Waals surface area contributed by atoms with E-state index in [9.17, 15) is 0 Å².